The molecule has 1 aliphatic carbocycles. The van der Waals surface area contributed by atoms with Gasteiger partial charge in [-0.1, -0.05) is 0 Å². The van der Waals surface area contributed by atoms with Crippen LogP contribution in [0.1, 0.15) is 32.6 Å². The van der Waals surface area contributed by atoms with Crippen molar-refractivity contribution in [3.63, 3.8) is 0 Å². The molecule has 1 amide bonds. The Morgan fingerprint density at radius 1 is 1.25 bits per heavy atom. The number of aliphatic hydroxyl groups excluding tert-OH is 3. The van der Waals surface area contributed by atoms with Gasteiger partial charge in [0.15, 0.2) is 12.2 Å². The van der Waals surface area contributed by atoms with Gasteiger partial charge in [-0.3, -0.25) is 10.2 Å². The zero-order valence-corrected chi connectivity index (χ0v) is 25.5. The Morgan fingerprint density at radius 3 is 2.61 bits per heavy atom. The smallest absolute Gasteiger partial charge is 0.249 e. The molecule has 44 heavy (non-hydrogen) atoms. The molecule has 2 heterocycles. The highest BCUT2D eigenvalue weighted by Crippen LogP contribution is 2.37. The number of rotatable bonds is 14. The topological polar surface area (TPSA) is 302 Å². The monoisotopic (exact) mass is 631 g/mol. The summed E-state index contributed by atoms with van der Waals surface area (Å²) in [6.45, 7) is 2.71. The summed E-state index contributed by atoms with van der Waals surface area (Å²) in [6.07, 6.45) is -3.88. The van der Waals surface area contributed by atoms with Crippen molar-refractivity contribution in [2.24, 2.45) is 28.9 Å². The van der Waals surface area contributed by atoms with Crippen molar-refractivity contribution in [3.05, 3.63) is 11.8 Å². The maximum atomic E-state index is 13.0. The third-order valence-electron chi connectivity index (χ3n) is 8.60. The average Bonchev–Trinajstić information content (AvgIpc) is 2.96. The lowest BCUT2D eigenvalue weighted by Gasteiger charge is -2.51. The first-order valence-electron chi connectivity index (χ1n) is 15.2. The van der Waals surface area contributed by atoms with Gasteiger partial charge in [-0.2, -0.15) is 0 Å². The minimum absolute atomic E-state index is 0.0372. The molecule has 3 aliphatic rings. The molecule has 3 rings (SSSR count). The summed E-state index contributed by atoms with van der Waals surface area (Å²) < 4.78 is 18.2. The van der Waals surface area contributed by atoms with Crippen LogP contribution in [-0.2, 0) is 19.0 Å². The van der Waals surface area contributed by atoms with E-state index in [9.17, 15) is 25.2 Å². The van der Waals surface area contributed by atoms with Crippen LogP contribution < -0.4 is 44.2 Å². The van der Waals surface area contributed by atoms with Crippen molar-refractivity contribution in [2.45, 2.75) is 99.2 Å². The number of carbonyl (C=O) groups excluding carboxylic acids is 1. The van der Waals surface area contributed by atoms with Crippen molar-refractivity contribution in [1.29, 1.82) is 5.41 Å². The Kier molecular flexibility index (Phi) is 13.5. The van der Waals surface area contributed by atoms with Gasteiger partial charge >= 0.3 is 0 Å². The Labute approximate surface area is 257 Å². The molecule has 0 spiro atoms. The zero-order valence-electron chi connectivity index (χ0n) is 25.5. The lowest BCUT2D eigenvalue weighted by Crippen LogP contribution is -2.69. The van der Waals surface area contributed by atoms with Crippen LogP contribution in [-0.4, -0.2) is 139 Å². The summed E-state index contributed by atoms with van der Waals surface area (Å²) in [7, 11) is 1.58. The maximum absolute atomic E-state index is 13.0. The number of likely N-dealkylation sites (N-methyl/N-ethyl adjacent to an activating group) is 1. The van der Waals surface area contributed by atoms with E-state index >= 15 is 0 Å². The minimum Gasteiger partial charge on any atom is -0.492 e. The van der Waals surface area contributed by atoms with E-state index in [1.54, 1.807) is 7.05 Å². The first-order chi connectivity index (χ1) is 20.8. The van der Waals surface area contributed by atoms with E-state index in [4.69, 9.17) is 42.6 Å². The molecule has 17 nitrogen and oxygen atoms in total. The second-order valence-corrected chi connectivity index (χ2v) is 12.0. The molecule has 0 radical (unpaired) electrons. The molecular formula is C27H53N9O8. The fourth-order valence-electron chi connectivity index (χ4n) is 6.29. The predicted octanol–water partition coefficient (Wildman–Crippen LogP) is -5.21. The molecule has 0 bridgehead atoms. The summed E-state index contributed by atoms with van der Waals surface area (Å²) in [4.78, 5) is 13.0. The maximum Gasteiger partial charge on any atom is 0.249 e. The van der Waals surface area contributed by atoms with Crippen LogP contribution in [0.2, 0.25) is 0 Å². The third-order valence-corrected chi connectivity index (χ3v) is 8.60. The molecule has 1 saturated heterocycles. The normalized spacial score (nSPS) is 38.2. The van der Waals surface area contributed by atoms with E-state index in [1.807, 2.05) is 6.08 Å². The van der Waals surface area contributed by atoms with Crippen LogP contribution in [0.5, 0.6) is 0 Å². The molecule has 1 saturated carbocycles. The Hall–Kier alpha value is -2.16. The number of carbonyl (C=O) groups is 1. The SMILES string of the molecule is CN[C@@H]1[C@@H](O)[C@@H](O[C@H]2[C@H](NC(=O)[C@@H](O)CCNC(=N)N)C[C@H](N)C([C@H]3OC(CN)=CC[C@H]3NCCCN)[C@@H]2O)OC[C@]1(C)O. The number of amides is 1. The van der Waals surface area contributed by atoms with Crippen molar-refractivity contribution >= 4 is 11.9 Å². The van der Waals surface area contributed by atoms with E-state index in [0.717, 1.165) is 6.42 Å². The number of guanidine groups is 1. The summed E-state index contributed by atoms with van der Waals surface area (Å²) in [6, 6.07) is -2.64. The van der Waals surface area contributed by atoms with Crippen molar-refractivity contribution in [1.82, 2.24) is 21.3 Å². The molecule has 17 heteroatoms. The number of aliphatic hydroxyl groups is 4. The van der Waals surface area contributed by atoms with Crippen LogP contribution in [0.4, 0.5) is 0 Å². The Balaban J connectivity index is 1.87. The largest absolute Gasteiger partial charge is 0.492 e. The molecule has 2 aliphatic heterocycles. The first kappa shape index (κ1) is 36.3. The van der Waals surface area contributed by atoms with E-state index in [-0.39, 0.29) is 44.5 Å². The van der Waals surface area contributed by atoms with Crippen LogP contribution in [0.15, 0.2) is 11.8 Å². The fourth-order valence-corrected chi connectivity index (χ4v) is 6.29. The third kappa shape index (κ3) is 8.97. The number of ether oxygens (including phenoxy) is 3. The summed E-state index contributed by atoms with van der Waals surface area (Å²) >= 11 is 0. The highest BCUT2D eigenvalue weighted by atomic mass is 16.7. The Bertz CT molecular complexity index is 976. The van der Waals surface area contributed by atoms with E-state index in [1.165, 1.54) is 6.92 Å². The van der Waals surface area contributed by atoms with Crippen molar-refractivity contribution in [2.75, 3.05) is 39.8 Å². The quantitative estimate of drug-likeness (QED) is 0.0484. The lowest BCUT2D eigenvalue weighted by molar-refractivity contribution is -0.297. The molecule has 0 aromatic carbocycles. The van der Waals surface area contributed by atoms with Crippen molar-refractivity contribution < 1.29 is 39.4 Å². The van der Waals surface area contributed by atoms with E-state index < -0.39 is 72.4 Å². The predicted molar refractivity (Wildman–Crippen MR) is 161 cm³/mol. The van der Waals surface area contributed by atoms with Crippen LogP contribution in [0.3, 0.4) is 0 Å². The number of hydrogen-bond donors (Lipinski definition) is 13. The minimum atomic E-state index is -1.45. The number of nitrogens with one attached hydrogen (secondary N) is 5. The summed E-state index contributed by atoms with van der Waals surface area (Å²) in [5, 5.41) is 63.0. The zero-order chi connectivity index (χ0) is 32.6. The summed E-state index contributed by atoms with van der Waals surface area (Å²) in [5.41, 5.74) is 22.1. The highest BCUT2D eigenvalue weighted by molar-refractivity contribution is 5.81. The van der Waals surface area contributed by atoms with Crippen molar-refractivity contribution in [3.8, 4) is 0 Å². The molecule has 17 N–H and O–H groups in total. The van der Waals surface area contributed by atoms with Crippen LogP contribution in [0, 0.1) is 11.3 Å². The van der Waals surface area contributed by atoms with Gasteiger partial charge in [0.25, 0.3) is 0 Å². The molecule has 2 fully saturated rings. The van der Waals surface area contributed by atoms with E-state index in [0.29, 0.717) is 25.3 Å². The van der Waals surface area contributed by atoms with E-state index in [2.05, 4.69) is 21.3 Å². The highest BCUT2D eigenvalue weighted by Gasteiger charge is 2.53. The molecule has 1 unspecified atom stereocenters. The second-order valence-electron chi connectivity index (χ2n) is 12.0. The van der Waals surface area contributed by atoms with Gasteiger partial charge in [0.1, 0.15) is 35.8 Å². The number of nitrogens with two attached hydrogens (primary N) is 4. The Morgan fingerprint density at radius 2 is 1.98 bits per heavy atom. The van der Waals surface area contributed by atoms with Gasteiger partial charge in [-0.05, 0) is 58.8 Å². The summed E-state index contributed by atoms with van der Waals surface area (Å²) in [5.74, 6) is -1.17. The van der Waals surface area contributed by atoms with Crippen LogP contribution >= 0.6 is 0 Å². The van der Waals surface area contributed by atoms with Gasteiger partial charge in [0, 0.05) is 24.5 Å². The first-order valence-corrected chi connectivity index (χ1v) is 15.2. The average molecular weight is 632 g/mol. The van der Waals surface area contributed by atoms with Gasteiger partial charge in [-0.15, -0.1) is 0 Å². The van der Waals surface area contributed by atoms with Gasteiger partial charge < -0.3 is 78.8 Å². The van der Waals surface area contributed by atoms with Gasteiger partial charge in [0.05, 0.1) is 31.3 Å². The molecule has 0 aromatic rings. The fraction of sp³-hybridized carbons (Fsp3) is 0.852. The second kappa shape index (κ2) is 16.4. The number of hydrogen-bond acceptors (Lipinski definition) is 14. The van der Waals surface area contributed by atoms with Gasteiger partial charge in [0.2, 0.25) is 5.91 Å². The van der Waals surface area contributed by atoms with Crippen LogP contribution in [0.25, 0.3) is 0 Å². The molecule has 0 aromatic heterocycles. The molecule has 254 valence electrons. The standard InChI is InChI=1S/C27H53N9O8/c1-27(41)12-42-25(20(39)23(27)33-2)44-22-16(36-24(40)17(37)6-9-35-26(31)32)10-14(30)18(19(22)38)21-15(34-8-3-7-28)5-4-13(11-29)43-21/h4,14-23,25,33-34,37-39,41H,3,5-12,28-30H2,1-2H3,(H,36,40)(H4,31,32,35)/t14-,15+,16+,17-,18?,19-,20+,21-,22-,23+,25+,27-/m0/s1. The lowest BCUT2D eigenvalue weighted by atomic mass is 9.72. The molecular weight excluding hydrogens is 578 g/mol. The molecule has 12 atom stereocenters. The van der Waals surface area contributed by atoms with Gasteiger partial charge in [-0.25, -0.2) is 0 Å².